The number of hydrogen-bond donors (Lipinski definition) is 0. The van der Waals surface area contributed by atoms with Crippen molar-refractivity contribution in [1.82, 2.24) is 9.29 Å². The number of aromatic nitrogens is 1. The van der Waals surface area contributed by atoms with Gasteiger partial charge in [-0.25, -0.2) is 17.8 Å². The van der Waals surface area contributed by atoms with Gasteiger partial charge in [-0.05, 0) is 72.9 Å². The summed E-state index contributed by atoms with van der Waals surface area (Å²) in [5.74, 6) is 0.0567. The number of hydrogen-bond acceptors (Lipinski definition) is 4. The highest BCUT2D eigenvalue weighted by atomic mass is 32.2. The van der Waals surface area contributed by atoms with Crippen molar-refractivity contribution in [3.63, 3.8) is 0 Å². The fraction of sp³-hybridized carbons (Fsp3) is 0.346. The summed E-state index contributed by atoms with van der Waals surface area (Å²) in [5, 5.41) is 0. The molecule has 0 amide bonds. The normalized spacial score (nSPS) is 14.3. The van der Waals surface area contributed by atoms with Gasteiger partial charge in [0.05, 0.1) is 16.2 Å². The monoisotopic (exact) mass is 521 g/mol. The summed E-state index contributed by atoms with van der Waals surface area (Å²) in [7, 11) is -0.357. The van der Waals surface area contributed by atoms with Crippen LogP contribution in [0.15, 0.2) is 59.5 Å². The summed E-state index contributed by atoms with van der Waals surface area (Å²) in [6, 6.07) is 11.7. The van der Waals surface area contributed by atoms with Crippen LogP contribution in [0.5, 0.6) is 0 Å². The molecule has 1 aliphatic rings. The molecule has 0 spiro atoms. The average molecular weight is 522 g/mol. The molecule has 0 saturated heterocycles. The van der Waals surface area contributed by atoms with Crippen LogP contribution in [0.4, 0.5) is 23.4 Å². The maximum atomic E-state index is 13.8. The zero-order valence-corrected chi connectivity index (χ0v) is 21.0. The number of pyridine rings is 1. The number of alkyl halides is 3. The van der Waals surface area contributed by atoms with E-state index in [1.165, 1.54) is 28.6 Å². The van der Waals surface area contributed by atoms with Gasteiger partial charge >= 0.3 is 6.18 Å². The van der Waals surface area contributed by atoms with Crippen molar-refractivity contribution in [2.75, 3.05) is 19.0 Å². The molecule has 36 heavy (non-hydrogen) atoms. The third kappa shape index (κ3) is 5.54. The Morgan fingerprint density at radius 3 is 2.22 bits per heavy atom. The zero-order valence-electron chi connectivity index (χ0n) is 20.2. The topological polar surface area (TPSA) is 53.5 Å². The Labute approximate surface area is 208 Å². The van der Waals surface area contributed by atoms with Gasteiger partial charge < -0.3 is 4.90 Å². The molecule has 0 aliphatic heterocycles. The first-order chi connectivity index (χ1) is 16.9. The first kappa shape index (κ1) is 26.1. The van der Waals surface area contributed by atoms with Crippen LogP contribution in [0.2, 0.25) is 0 Å². The highest BCUT2D eigenvalue weighted by molar-refractivity contribution is 7.89. The first-order valence-corrected chi connectivity index (χ1v) is 13.0. The molecule has 192 valence electrons. The third-order valence-corrected chi connectivity index (χ3v) is 8.12. The largest absolute Gasteiger partial charge is 0.416 e. The Bertz CT molecular complexity index is 1350. The second-order valence-electron chi connectivity index (χ2n) is 9.08. The fourth-order valence-electron chi connectivity index (χ4n) is 4.02. The van der Waals surface area contributed by atoms with E-state index in [9.17, 15) is 26.0 Å². The quantitative estimate of drug-likeness (QED) is 0.347. The number of sulfonamides is 1. The van der Waals surface area contributed by atoms with Gasteiger partial charge in [-0.15, -0.1) is 0 Å². The lowest BCUT2D eigenvalue weighted by molar-refractivity contribution is -0.137. The smallest absolute Gasteiger partial charge is 0.363 e. The number of halogens is 4. The fourth-order valence-corrected chi connectivity index (χ4v) is 5.97. The van der Waals surface area contributed by atoms with Gasteiger partial charge in [-0.1, -0.05) is 19.1 Å². The molecule has 2 aromatic carbocycles. The molecule has 1 aliphatic carbocycles. The molecular weight excluding hydrogens is 494 g/mol. The molecule has 0 N–H and O–H groups in total. The van der Waals surface area contributed by atoms with Gasteiger partial charge in [0.25, 0.3) is 0 Å². The Morgan fingerprint density at radius 2 is 1.67 bits per heavy atom. The zero-order chi connectivity index (χ0) is 26.3. The summed E-state index contributed by atoms with van der Waals surface area (Å²) in [4.78, 5) is 6.39. The number of rotatable bonds is 8. The predicted molar refractivity (Wildman–Crippen MR) is 131 cm³/mol. The molecule has 0 unspecified atom stereocenters. The van der Waals surface area contributed by atoms with Gasteiger partial charge in [-0.2, -0.15) is 17.5 Å². The number of aryl methyl sites for hydroxylation is 1. The van der Waals surface area contributed by atoms with Crippen LogP contribution in [-0.2, 0) is 29.2 Å². The molecule has 1 aromatic heterocycles. The van der Waals surface area contributed by atoms with Gasteiger partial charge in [0.15, 0.2) is 0 Å². The van der Waals surface area contributed by atoms with Gasteiger partial charge in [0, 0.05) is 32.2 Å². The molecule has 0 radical (unpaired) electrons. The van der Waals surface area contributed by atoms with E-state index in [2.05, 4.69) is 4.98 Å². The molecule has 5 nitrogen and oxygen atoms in total. The lowest BCUT2D eigenvalue weighted by atomic mass is 10.1. The average Bonchev–Trinajstić information content (AvgIpc) is 3.66. The summed E-state index contributed by atoms with van der Waals surface area (Å²) in [6.45, 7) is 1.84. The van der Waals surface area contributed by atoms with Crippen LogP contribution in [0.3, 0.4) is 0 Å². The molecule has 0 atom stereocenters. The minimum Gasteiger partial charge on any atom is -0.363 e. The van der Waals surface area contributed by atoms with Crippen molar-refractivity contribution in [1.29, 1.82) is 0 Å². The van der Waals surface area contributed by atoms with Gasteiger partial charge in [0.2, 0.25) is 10.0 Å². The SMILES string of the molecule is CCc1cc(F)ccc1S(=O)(=O)N(Cc1cc(-c2ccc(C(F)(F)F)cc2)nc(N(C)C)c1)C1CC1. The first-order valence-electron chi connectivity index (χ1n) is 11.6. The molecule has 10 heteroatoms. The van der Waals surface area contributed by atoms with Crippen molar-refractivity contribution in [2.24, 2.45) is 0 Å². The van der Waals surface area contributed by atoms with Crippen molar-refractivity contribution >= 4 is 15.8 Å². The molecule has 0 bridgehead atoms. The molecule has 1 saturated carbocycles. The molecule has 3 aromatic rings. The van der Waals surface area contributed by atoms with E-state index in [1.807, 2.05) is 0 Å². The molecule has 1 fully saturated rings. The highest BCUT2D eigenvalue weighted by Gasteiger charge is 2.39. The van der Waals surface area contributed by atoms with Crippen LogP contribution in [-0.4, -0.2) is 37.8 Å². The summed E-state index contributed by atoms with van der Waals surface area (Å²) >= 11 is 0. The third-order valence-electron chi connectivity index (χ3n) is 6.12. The predicted octanol–water partition coefficient (Wildman–Crippen LogP) is 5.89. The Balaban J connectivity index is 1.73. The number of nitrogens with zero attached hydrogens (tertiary/aromatic N) is 3. The van der Waals surface area contributed by atoms with E-state index in [0.29, 0.717) is 34.6 Å². The van der Waals surface area contributed by atoms with E-state index in [-0.39, 0.29) is 17.5 Å². The minimum atomic E-state index is -4.45. The van der Waals surface area contributed by atoms with Crippen LogP contribution >= 0.6 is 0 Å². The Hall–Kier alpha value is -2.98. The second kappa shape index (κ2) is 9.82. The maximum absolute atomic E-state index is 13.8. The van der Waals surface area contributed by atoms with E-state index < -0.39 is 27.6 Å². The van der Waals surface area contributed by atoms with E-state index in [1.54, 1.807) is 38.1 Å². The van der Waals surface area contributed by atoms with E-state index in [0.717, 1.165) is 31.0 Å². The van der Waals surface area contributed by atoms with Crippen molar-refractivity contribution in [3.8, 4) is 11.3 Å². The van der Waals surface area contributed by atoms with Gasteiger partial charge in [0.1, 0.15) is 11.6 Å². The second-order valence-corrected chi connectivity index (χ2v) is 10.9. The van der Waals surface area contributed by atoms with Gasteiger partial charge in [-0.3, -0.25) is 0 Å². The summed E-state index contributed by atoms with van der Waals surface area (Å²) in [6.07, 6.45) is -2.64. The summed E-state index contributed by atoms with van der Waals surface area (Å²) in [5.41, 5.74) is 1.23. The molecule has 4 rings (SSSR count). The Kier molecular flexibility index (Phi) is 7.12. The highest BCUT2D eigenvalue weighted by Crippen LogP contribution is 2.36. The summed E-state index contributed by atoms with van der Waals surface area (Å²) < 4.78 is 81.6. The van der Waals surface area contributed by atoms with Crippen LogP contribution in [0, 0.1) is 5.82 Å². The van der Waals surface area contributed by atoms with Crippen molar-refractivity contribution in [3.05, 3.63) is 77.1 Å². The molecular formula is C26H27F4N3O2S. The number of anilines is 1. The number of benzene rings is 2. The maximum Gasteiger partial charge on any atom is 0.416 e. The van der Waals surface area contributed by atoms with Crippen molar-refractivity contribution in [2.45, 2.75) is 49.8 Å². The van der Waals surface area contributed by atoms with Crippen LogP contribution < -0.4 is 4.90 Å². The van der Waals surface area contributed by atoms with E-state index in [4.69, 9.17) is 0 Å². The van der Waals surface area contributed by atoms with Crippen LogP contribution in [0.1, 0.15) is 36.5 Å². The Morgan fingerprint density at radius 1 is 1.00 bits per heavy atom. The standard InChI is InChI=1S/C26H27F4N3O2S/c1-4-18-15-21(27)9-12-24(18)36(34,35)33(22-10-11-22)16-17-13-23(31-25(14-17)32(2)3)19-5-7-20(8-6-19)26(28,29)30/h5-9,12-15,22H,4,10-11,16H2,1-3H3. The van der Waals surface area contributed by atoms with E-state index >= 15 is 0 Å². The molecule has 1 heterocycles. The van der Waals surface area contributed by atoms with Crippen LogP contribution in [0.25, 0.3) is 11.3 Å². The lowest BCUT2D eigenvalue weighted by Gasteiger charge is -2.24. The minimum absolute atomic E-state index is 0.0600. The lowest BCUT2D eigenvalue weighted by Crippen LogP contribution is -2.33. The van der Waals surface area contributed by atoms with Crippen molar-refractivity contribution < 1.29 is 26.0 Å².